The van der Waals surface area contributed by atoms with E-state index in [-0.39, 0.29) is 5.28 Å². The van der Waals surface area contributed by atoms with Crippen LogP contribution in [0.5, 0.6) is 0 Å². The van der Waals surface area contributed by atoms with Gasteiger partial charge in [0, 0.05) is 6.20 Å². The van der Waals surface area contributed by atoms with Crippen molar-refractivity contribution in [3.63, 3.8) is 0 Å². The zero-order chi connectivity index (χ0) is 12.3. The van der Waals surface area contributed by atoms with Crippen molar-refractivity contribution >= 4 is 46.1 Å². The van der Waals surface area contributed by atoms with E-state index >= 15 is 0 Å². The van der Waals surface area contributed by atoms with Gasteiger partial charge < -0.3 is 4.74 Å². The number of aromatic nitrogens is 2. The van der Waals surface area contributed by atoms with Crippen LogP contribution < -0.4 is 5.32 Å². The SMILES string of the molecule is CC(C)(C)OC(=O)Nc1nc(Cl)ncc1I. The molecule has 5 nitrogen and oxygen atoms in total. The lowest BCUT2D eigenvalue weighted by atomic mass is 10.2. The number of anilines is 1. The van der Waals surface area contributed by atoms with Gasteiger partial charge in [0.2, 0.25) is 5.28 Å². The number of nitrogens with one attached hydrogen (secondary N) is 1. The van der Waals surface area contributed by atoms with Crippen LogP contribution >= 0.6 is 34.2 Å². The van der Waals surface area contributed by atoms with Crippen LogP contribution in [0.4, 0.5) is 10.6 Å². The third kappa shape index (κ3) is 4.48. The topological polar surface area (TPSA) is 64.1 Å². The number of carbonyl (C=O) groups is 1. The summed E-state index contributed by atoms with van der Waals surface area (Å²) in [6.45, 7) is 5.35. The third-order valence-corrected chi connectivity index (χ3v) is 2.31. The minimum atomic E-state index is -0.569. The first-order chi connectivity index (χ1) is 7.28. The number of carbonyl (C=O) groups excluding carboxylic acids is 1. The summed E-state index contributed by atoms with van der Waals surface area (Å²) in [5.41, 5.74) is -0.549. The van der Waals surface area contributed by atoms with Gasteiger partial charge in [0.15, 0.2) is 5.82 Å². The molecule has 0 unspecified atom stereocenters. The zero-order valence-electron chi connectivity index (χ0n) is 9.04. The normalized spacial score (nSPS) is 11.1. The number of hydrogen-bond donors (Lipinski definition) is 1. The Morgan fingerprint density at radius 2 is 2.19 bits per heavy atom. The summed E-state index contributed by atoms with van der Waals surface area (Å²) in [7, 11) is 0. The van der Waals surface area contributed by atoms with Gasteiger partial charge in [-0.2, -0.15) is 4.98 Å². The minimum Gasteiger partial charge on any atom is -0.444 e. The lowest BCUT2D eigenvalue weighted by Gasteiger charge is -2.19. The molecular formula is C9H11ClIN3O2. The van der Waals surface area contributed by atoms with Crippen LogP contribution in [0, 0.1) is 3.57 Å². The standard InChI is InChI=1S/C9H11ClIN3O2/c1-9(2,3)16-8(15)14-6-5(11)4-12-7(10)13-6/h4H,1-3H3,(H,12,13,14,15). The summed E-state index contributed by atoms with van der Waals surface area (Å²) >= 11 is 7.61. The largest absolute Gasteiger partial charge is 0.444 e. The van der Waals surface area contributed by atoms with Gasteiger partial charge in [-0.25, -0.2) is 9.78 Å². The Balaban J connectivity index is 2.73. The molecule has 7 heteroatoms. The van der Waals surface area contributed by atoms with Gasteiger partial charge in [-0.05, 0) is 55.0 Å². The Kier molecular flexibility index (Phi) is 4.31. The summed E-state index contributed by atoms with van der Waals surface area (Å²) in [4.78, 5) is 19.1. The Bertz CT molecular complexity index is 406. The van der Waals surface area contributed by atoms with Gasteiger partial charge in [-0.1, -0.05) is 0 Å². The molecule has 1 aromatic heterocycles. The first-order valence-corrected chi connectivity index (χ1v) is 5.91. The van der Waals surface area contributed by atoms with Crippen molar-refractivity contribution in [3.05, 3.63) is 15.1 Å². The molecule has 16 heavy (non-hydrogen) atoms. The maximum atomic E-state index is 11.5. The molecule has 88 valence electrons. The number of amides is 1. The molecular weight excluding hydrogens is 344 g/mol. The molecule has 1 heterocycles. The van der Waals surface area contributed by atoms with Crippen LogP contribution in [0.3, 0.4) is 0 Å². The van der Waals surface area contributed by atoms with Gasteiger partial charge in [-0.15, -0.1) is 0 Å². The van der Waals surface area contributed by atoms with Gasteiger partial charge in [0.1, 0.15) is 5.60 Å². The Hall–Kier alpha value is -0.630. The quantitative estimate of drug-likeness (QED) is 0.621. The maximum absolute atomic E-state index is 11.5. The van der Waals surface area contributed by atoms with Crippen molar-refractivity contribution in [1.82, 2.24) is 9.97 Å². The lowest BCUT2D eigenvalue weighted by Crippen LogP contribution is -2.27. The second-order valence-corrected chi connectivity index (χ2v) is 5.46. The van der Waals surface area contributed by atoms with Crippen LogP contribution in [-0.2, 0) is 4.74 Å². The number of hydrogen-bond acceptors (Lipinski definition) is 4. The number of rotatable bonds is 1. The van der Waals surface area contributed by atoms with E-state index in [1.54, 1.807) is 20.8 Å². The molecule has 0 aromatic carbocycles. The molecule has 0 aliphatic carbocycles. The second kappa shape index (κ2) is 5.13. The minimum absolute atomic E-state index is 0.0754. The van der Waals surface area contributed by atoms with Gasteiger partial charge in [0.05, 0.1) is 3.57 Å². The highest BCUT2D eigenvalue weighted by Crippen LogP contribution is 2.17. The highest BCUT2D eigenvalue weighted by molar-refractivity contribution is 14.1. The van der Waals surface area contributed by atoms with Crippen molar-refractivity contribution < 1.29 is 9.53 Å². The first kappa shape index (κ1) is 13.4. The molecule has 0 spiro atoms. The van der Waals surface area contributed by atoms with Crippen molar-refractivity contribution in [2.45, 2.75) is 26.4 Å². The highest BCUT2D eigenvalue weighted by Gasteiger charge is 2.17. The average Bonchev–Trinajstić information content (AvgIpc) is 2.08. The van der Waals surface area contributed by atoms with E-state index in [0.717, 1.165) is 0 Å². The van der Waals surface area contributed by atoms with E-state index in [4.69, 9.17) is 16.3 Å². The molecule has 0 saturated heterocycles. The van der Waals surface area contributed by atoms with Crippen molar-refractivity contribution in [2.75, 3.05) is 5.32 Å². The summed E-state index contributed by atoms with van der Waals surface area (Å²) in [6.07, 6.45) is 0.947. The average molecular weight is 356 g/mol. The zero-order valence-corrected chi connectivity index (χ0v) is 12.0. The van der Waals surface area contributed by atoms with Crippen molar-refractivity contribution in [3.8, 4) is 0 Å². The summed E-state index contributed by atoms with van der Waals surface area (Å²) in [5, 5.41) is 2.58. The molecule has 0 bridgehead atoms. The van der Waals surface area contributed by atoms with Gasteiger partial charge in [-0.3, -0.25) is 5.32 Å². The van der Waals surface area contributed by atoms with E-state index in [9.17, 15) is 4.79 Å². The fraction of sp³-hybridized carbons (Fsp3) is 0.444. The third-order valence-electron chi connectivity index (χ3n) is 1.33. The molecule has 0 aliphatic heterocycles. The summed E-state index contributed by atoms with van der Waals surface area (Å²) < 4.78 is 5.77. The molecule has 0 saturated carbocycles. The van der Waals surface area contributed by atoms with Gasteiger partial charge >= 0.3 is 6.09 Å². The smallest absolute Gasteiger partial charge is 0.413 e. The van der Waals surface area contributed by atoms with Crippen LogP contribution in [0.1, 0.15) is 20.8 Å². The van der Waals surface area contributed by atoms with E-state index in [1.807, 2.05) is 22.6 Å². The van der Waals surface area contributed by atoms with Gasteiger partial charge in [0.25, 0.3) is 0 Å². The Morgan fingerprint density at radius 3 is 2.75 bits per heavy atom. The molecule has 1 rings (SSSR count). The molecule has 0 aliphatic rings. The first-order valence-electron chi connectivity index (χ1n) is 4.46. The molecule has 0 atom stereocenters. The number of nitrogens with zero attached hydrogens (tertiary/aromatic N) is 2. The van der Waals surface area contributed by atoms with Crippen molar-refractivity contribution in [2.24, 2.45) is 0 Å². The predicted molar refractivity (Wildman–Crippen MR) is 69.6 cm³/mol. The van der Waals surface area contributed by atoms with Crippen LogP contribution in [0.25, 0.3) is 0 Å². The highest BCUT2D eigenvalue weighted by atomic mass is 127. The molecule has 1 amide bonds. The monoisotopic (exact) mass is 355 g/mol. The van der Waals surface area contributed by atoms with E-state index in [0.29, 0.717) is 9.39 Å². The second-order valence-electron chi connectivity index (χ2n) is 3.96. The molecule has 0 fully saturated rings. The molecule has 1 N–H and O–H groups in total. The lowest BCUT2D eigenvalue weighted by molar-refractivity contribution is 0.0635. The van der Waals surface area contributed by atoms with E-state index in [1.165, 1.54) is 6.20 Å². The fourth-order valence-electron chi connectivity index (χ4n) is 0.834. The number of halogens is 2. The Morgan fingerprint density at radius 1 is 1.56 bits per heavy atom. The fourth-order valence-corrected chi connectivity index (χ4v) is 1.36. The van der Waals surface area contributed by atoms with Crippen LogP contribution in [0.2, 0.25) is 5.28 Å². The van der Waals surface area contributed by atoms with E-state index < -0.39 is 11.7 Å². The predicted octanol–water partition coefficient (Wildman–Crippen LogP) is 3.08. The summed E-state index contributed by atoms with van der Waals surface area (Å²) in [6, 6.07) is 0. The van der Waals surface area contributed by atoms with Crippen LogP contribution in [0.15, 0.2) is 6.20 Å². The van der Waals surface area contributed by atoms with Crippen LogP contribution in [-0.4, -0.2) is 21.7 Å². The maximum Gasteiger partial charge on any atom is 0.413 e. The molecule has 0 radical (unpaired) electrons. The van der Waals surface area contributed by atoms with Crippen molar-refractivity contribution in [1.29, 1.82) is 0 Å². The number of ether oxygens (including phenoxy) is 1. The Labute approximate surface area is 112 Å². The molecule has 1 aromatic rings. The summed E-state index contributed by atoms with van der Waals surface area (Å²) in [5.74, 6) is 0.342. The van der Waals surface area contributed by atoms with E-state index in [2.05, 4.69) is 15.3 Å².